The van der Waals surface area contributed by atoms with Crippen LogP contribution in [0.1, 0.15) is 37.0 Å². The van der Waals surface area contributed by atoms with Gasteiger partial charge in [-0.3, -0.25) is 4.79 Å². The molecule has 4 heteroatoms. The summed E-state index contributed by atoms with van der Waals surface area (Å²) in [7, 11) is 0. The Morgan fingerprint density at radius 2 is 2.05 bits per heavy atom. The molecule has 1 aromatic carbocycles. The molecule has 0 saturated carbocycles. The number of hydrogen-bond acceptors (Lipinski definition) is 3. The number of ether oxygens (including phenoxy) is 1. The Morgan fingerprint density at radius 3 is 2.68 bits per heavy atom. The Kier molecular flexibility index (Phi) is 6.97. The summed E-state index contributed by atoms with van der Waals surface area (Å²) in [5.41, 5.74) is 6.22. The van der Waals surface area contributed by atoms with E-state index in [4.69, 9.17) is 10.5 Å². The molecule has 106 valence electrons. The molecule has 0 aliphatic rings. The van der Waals surface area contributed by atoms with Crippen molar-refractivity contribution in [1.82, 2.24) is 4.90 Å². The van der Waals surface area contributed by atoms with Gasteiger partial charge in [-0.05, 0) is 31.0 Å². The highest BCUT2D eigenvalue weighted by molar-refractivity contribution is 5.94. The summed E-state index contributed by atoms with van der Waals surface area (Å²) in [5, 5.41) is 0. The van der Waals surface area contributed by atoms with Gasteiger partial charge in [0, 0.05) is 25.2 Å². The third kappa shape index (κ3) is 4.91. The summed E-state index contributed by atoms with van der Waals surface area (Å²) < 4.78 is 5.55. The van der Waals surface area contributed by atoms with Crippen molar-refractivity contribution < 1.29 is 9.53 Å². The predicted molar refractivity (Wildman–Crippen MR) is 77.5 cm³/mol. The Morgan fingerprint density at radius 1 is 1.26 bits per heavy atom. The second-order valence-electron chi connectivity index (χ2n) is 4.46. The molecule has 0 saturated heterocycles. The van der Waals surface area contributed by atoms with Crippen LogP contribution in [0.15, 0.2) is 24.3 Å². The van der Waals surface area contributed by atoms with Crippen molar-refractivity contribution >= 4 is 5.91 Å². The molecule has 0 heterocycles. The zero-order valence-electron chi connectivity index (χ0n) is 11.9. The van der Waals surface area contributed by atoms with Crippen molar-refractivity contribution in [2.24, 2.45) is 5.73 Å². The Bertz CT molecular complexity index is 387. The molecule has 0 spiro atoms. The molecular formula is C15H24N2O2. The molecular weight excluding hydrogens is 240 g/mol. The second-order valence-corrected chi connectivity index (χ2v) is 4.46. The predicted octanol–water partition coefficient (Wildman–Crippen LogP) is 2.29. The maximum Gasteiger partial charge on any atom is 0.254 e. The van der Waals surface area contributed by atoms with Crippen LogP contribution in [0.25, 0.3) is 0 Å². The van der Waals surface area contributed by atoms with E-state index in [0.717, 1.165) is 25.1 Å². The monoisotopic (exact) mass is 264 g/mol. The minimum Gasteiger partial charge on any atom is -0.494 e. The van der Waals surface area contributed by atoms with Crippen molar-refractivity contribution in [1.29, 1.82) is 0 Å². The third-order valence-electron chi connectivity index (χ3n) is 2.73. The molecule has 0 fully saturated rings. The van der Waals surface area contributed by atoms with E-state index in [1.165, 1.54) is 0 Å². The summed E-state index contributed by atoms with van der Waals surface area (Å²) in [6, 6.07) is 7.35. The van der Waals surface area contributed by atoms with Crippen LogP contribution in [0.4, 0.5) is 0 Å². The van der Waals surface area contributed by atoms with E-state index in [0.29, 0.717) is 25.3 Å². The molecule has 0 aliphatic heterocycles. The summed E-state index contributed by atoms with van der Waals surface area (Å²) >= 11 is 0. The van der Waals surface area contributed by atoms with Crippen LogP contribution >= 0.6 is 0 Å². The SMILES string of the molecule is CCCOc1cccc(C(=O)N(CCC)CCN)c1. The molecule has 0 atom stereocenters. The number of amides is 1. The molecule has 0 aromatic heterocycles. The minimum absolute atomic E-state index is 0.0225. The molecule has 4 nitrogen and oxygen atoms in total. The fourth-order valence-corrected chi connectivity index (χ4v) is 1.86. The van der Waals surface area contributed by atoms with Gasteiger partial charge in [0.2, 0.25) is 0 Å². The summed E-state index contributed by atoms with van der Waals surface area (Å²) in [5.74, 6) is 0.770. The number of carbonyl (C=O) groups is 1. The molecule has 0 radical (unpaired) electrons. The zero-order chi connectivity index (χ0) is 14.1. The van der Waals surface area contributed by atoms with Crippen LogP contribution in [0, 0.1) is 0 Å². The largest absolute Gasteiger partial charge is 0.494 e. The quantitative estimate of drug-likeness (QED) is 0.783. The first-order valence-corrected chi connectivity index (χ1v) is 6.95. The van der Waals surface area contributed by atoms with Crippen molar-refractivity contribution in [2.45, 2.75) is 26.7 Å². The van der Waals surface area contributed by atoms with Crippen LogP contribution < -0.4 is 10.5 Å². The number of benzene rings is 1. The van der Waals surface area contributed by atoms with E-state index in [9.17, 15) is 4.79 Å². The van der Waals surface area contributed by atoms with Crippen molar-refractivity contribution in [2.75, 3.05) is 26.2 Å². The first-order chi connectivity index (χ1) is 9.22. The van der Waals surface area contributed by atoms with Gasteiger partial charge in [-0.2, -0.15) is 0 Å². The van der Waals surface area contributed by atoms with Crippen LogP contribution in [-0.4, -0.2) is 37.0 Å². The zero-order valence-corrected chi connectivity index (χ0v) is 11.9. The molecule has 1 rings (SSSR count). The van der Waals surface area contributed by atoms with Crippen LogP contribution in [0.3, 0.4) is 0 Å². The van der Waals surface area contributed by atoms with Gasteiger partial charge in [-0.15, -0.1) is 0 Å². The fourth-order valence-electron chi connectivity index (χ4n) is 1.86. The lowest BCUT2D eigenvalue weighted by molar-refractivity contribution is 0.0760. The van der Waals surface area contributed by atoms with Crippen molar-refractivity contribution in [3.05, 3.63) is 29.8 Å². The van der Waals surface area contributed by atoms with E-state index in [2.05, 4.69) is 13.8 Å². The first kappa shape index (κ1) is 15.5. The van der Waals surface area contributed by atoms with Gasteiger partial charge >= 0.3 is 0 Å². The van der Waals surface area contributed by atoms with Crippen molar-refractivity contribution in [3.63, 3.8) is 0 Å². The molecule has 0 bridgehead atoms. The van der Waals surface area contributed by atoms with Gasteiger partial charge in [0.25, 0.3) is 5.91 Å². The smallest absolute Gasteiger partial charge is 0.254 e. The second kappa shape index (κ2) is 8.53. The number of rotatable bonds is 8. The van der Waals surface area contributed by atoms with Crippen molar-refractivity contribution in [3.8, 4) is 5.75 Å². The standard InChI is InChI=1S/C15H24N2O2/c1-3-9-17(10-8-16)15(18)13-6-5-7-14(12-13)19-11-4-2/h5-7,12H,3-4,8-11,16H2,1-2H3. The van der Waals surface area contributed by atoms with Crippen LogP contribution in [0.2, 0.25) is 0 Å². The number of nitrogens with two attached hydrogens (primary N) is 1. The lowest BCUT2D eigenvalue weighted by atomic mass is 10.2. The Labute approximate surface area is 115 Å². The third-order valence-corrected chi connectivity index (χ3v) is 2.73. The normalized spacial score (nSPS) is 10.3. The lowest BCUT2D eigenvalue weighted by Crippen LogP contribution is -2.35. The summed E-state index contributed by atoms with van der Waals surface area (Å²) in [6.07, 6.45) is 1.88. The Balaban J connectivity index is 2.78. The fraction of sp³-hybridized carbons (Fsp3) is 0.533. The Hall–Kier alpha value is -1.55. The minimum atomic E-state index is 0.0225. The van der Waals surface area contributed by atoms with Gasteiger partial charge in [0.05, 0.1) is 6.61 Å². The van der Waals surface area contributed by atoms with Gasteiger partial charge < -0.3 is 15.4 Å². The molecule has 0 unspecified atom stereocenters. The maximum atomic E-state index is 12.4. The number of carbonyl (C=O) groups excluding carboxylic acids is 1. The first-order valence-electron chi connectivity index (χ1n) is 6.95. The average Bonchev–Trinajstić information content (AvgIpc) is 2.44. The highest BCUT2D eigenvalue weighted by Gasteiger charge is 2.14. The van der Waals surface area contributed by atoms with Crippen LogP contribution in [0.5, 0.6) is 5.75 Å². The van der Waals surface area contributed by atoms with E-state index in [1.54, 1.807) is 11.0 Å². The van der Waals surface area contributed by atoms with E-state index >= 15 is 0 Å². The lowest BCUT2D eigenvalue weighted by Gasteiger charge is -2.21. The average molecular weight is 264 g/mol. The molecule has 0 aliphatic carbocycles. The van der Waals surface area contributed by atoms with E-state index in [-0.39, 0.29) is 5.91 Å². The summed E-state index contributed by atoms with van der Waals surface area (Å²) in [4.78, 5) is 14.2. The van der Waals surface area contributed by atoms with Crippen LogP contribution in [-0.2, 0) is 0 Å². The van der Waals surface area contributed by atoms with Gasteiger partial charge in [0.1, 0.15) is 5.75 Å². The van der Waals surface area contributed by atoms with Gasteiger partial charge in [-0.25, -0.2) is 0 Å². The highest BCUT2D eigenvalue weighted by Crippen LogP contribution is 2.15. The highest BCUT2D eigenvalue weighted by atomic mass is 16.5. The topological polar surface area (TPSA) is 55.6 Å². The molecule has 1 amide bonds. The van der Waals surface area contributed by atoms with E-state index < -0.39 is 0 Å². The number of nitrogens with zero attached hydrogens (tertiary/aromatic N) is 1. The molecule has 1 aromatic rings. The van der Waals surface area contributed by atoms with Gasteiger partial charge in [0.15, 0.2) is 0 Å². The molecule has 2 N–H and O–H groups in total. The number of hydrogen-bond donors (Lipinski definition) is 1. The maximum absolute atomic E-state index is 12.4. The van der Waals surface area contributed by atoms with E-state index in [1.807, 2.05) is 18.2 Å². The summed E-state index contributed by atoms with van der Waals surface area (Å²) in [6.45, 7) is 6.58. The van der Waals surface area contributed by atoms with Gasteiger partial charge in [-0.1, -0.05) is 19.9 Å². The molecule has 19 heavy (non-hydrogen) atoms.